The zero-order chi connectivity index (χ0) is 21.2. The van der Waals surface area contributed by atoms with E-state index in [1.165, 1.54) is 0 Å². The molecule has 0 saturated carbocycles. The molecule has 3 aromatic rings. The van der Waals surface area contributed by atoms with Crippen molar-refractivity contribution in [1.29, 1.82) is 0 Å². The van der Waals surface area contributed by atoms with Gasteiger partial charge in [-0.05, 0) is 60.0 Å². The summed E-state index contributed by atoms with van der Waals surface area (Å²) in [5, 5.41) is 4.73. The van der Waals surface area contributed by atoms with Crippen molar-refractivity contribution in [1.82, 2.24) is 5.43 Å². The van der Waals surface area contributed by atoms with Crippen LogP contribution in [-0.2, 0) is 17.8 Å². The Morgan fingerprint density at radius 1 is 0.967 bits per heavy atom. The van der Waals surface area contributed by atoms with Gasteiger partial charge < -0.3 is 9.47 Å². The molecule has 0 aliphatic carbocycles. The van der Waals surface area contributed by atoms with E-state index < -0.39 is 0 Å². The zero-order valence-electron chi connectivity index (χ0n) is 16.7. The highest BCUT2D eigenvalue weighted by Gasteiger charge is 2.03. The van der Waals surface area contributed by atoms with E-state index in [0.29, 0.717) is 18.2 Å². The molecular weight excluding hydrogens is 400 g/mol. The normalized spacial score (nSPS) is 10.7. The fourth-order valence-electron chi connectivity index (χ4n) is 2.71. The number of nitrogens with zero attached hydrogens (tertiary/aromatic N) is 1. The summed E-state index contributed by atoms with van der Waals surface area (Å²) < 4.78 is 11.2. The molecule has 5 nitrogen and oxygen atoms in total. The van der Waals surface area contributed by atoms with E-state index in [2.05, 4.69) is 10.5 Å². The van der Waals surface area contributed by atoms with E-state index >= 15 is 0 Å². The first-order valence-electron chi connectivity index (χ1n) is 9.63. The number of carbonyl (C=O) groups excluding carboxylic acids is 1. The van der Waals surface area contributed by atoms with Gasteiger partial charge in [-0.25, -0.2) is 5.43 Å². The van der Waals surface area contributed by atoms with Crippen molar-refractivity contribution in [3.63, 3.8) is 0 Å². The van der Waals surface area contributed by atoms with E-state index in [1.54, 1.807) is 6.21 Å². The number of benzene rings is 3. The van der Waals surface area contributed by atoms with Crippen LogP contribution in [0.3, 0.4) is 0 Å². The highest BCUT2D eigenvalue weighted by molar-refractivity contribution is 6.30. The summed E-state index contributed by atoms with van der Waals surface area (Å²) >= 11 is 5.89. The van der Waals surface area contributed by atoms with Crippen LogP contribution in [0.15, 0.2) is 77.9 Å². The Morgan fingerprint density at radius 2 is 1.70 bits per heavy atom. The SMILES string of the molecule is CCOc1ccc(CC(=O)N/N=C\c2cccc(OCc3ccc(Cl)cc3)c2)cc1. The Bertz CT molecular complexity index is 986. The number of carbonyl (C=O) groups is 1. The Balaban J connectivity index is 1.48. The predicted octanol–water partition coefficient (Wildman–Crippen LogP) is 5.01. The van der Waals surface area contributed by atoms with Gasteiger partial charge in [0.15, 0.2) is 0 Å². The monoisotopic (exact) mass is 422 g/mol. The van der Waals surface area contributed by atoms with Gasteiger partial charge in [0, 0.05) is 5.02 Å². The Labute approximate surface area is 181 Å². The third kappa shape index (κ3) is 6.94. The number of nitrogens with one attached hydrogen (secondary N) is 1. The van der Waals surface area contributed by atoms with E-state index in [9.17, 15) is 4.79 Å². The molecule has 3 aromatic carbocycles. The van der Waals surface area contributed by atoms with Crippen LogP contribution in [0, 0.1) is 0 Å². The fourth-order valence-corrected chi connectivity index (χ4v) is 2.83. The maximum absolute atomic E-state index is 12.1. The Hall–Kier alpha value is -3.31. The van der Waals surface area contributed by atoms with E-state index in [0.717, 1.165) is 28.2 Å². The second-order valence-corrected chi connectivity index (χ2v) is 6.97. The van der Waals surface area contributed by atoms with Gasteiger partial charge in [0.2, 0.25) is 5.91 Å². The molecule has 3 rings (SSSR count). The maximum atomic E-state index is 12.1. The standard InChI is InChI=1S/C24H23ClN2O3/c1-2-29-22-12-8-18(9-13-22)15-24(28)27-26-16-20-4-3-5-23(14-20)30-17-19-6-10-21(25)11-7-19/h3-14,16H,2,15,17H2,1H3,(H,27,28)/b26-16-. The Kier molecular flexibility index (Phi) is 7.86. The minimum Gasteiger partial charge on any atom is -0.494 e. The Morgan fingerprint density at radius 3 is 2.43 bits per heavy atom. The van der Waals surface area contributed by atoms with Gasteiger partial charge in [-0.15, -0.1) is 0 Å². The minimum absolute atomic E-state index is 0.189. The lowest BCUT2D eigenvalue weighted by Crippen LogP contribution is -2.19. The molecule has 1 N–H and O–H groups in total. The molecule has 0 aromatic heterocycles. The van der Waals surface area contributed by atoms with Gasteiger partial charge in [-0.1, -0.05) is 48.0 Å². The lowest BCUT2D eigenvalue weighted by Gasteiger charge is -2.07. The lowest BCUT2D eigenvalue weighted by molar-refractivity contribution is -0.120. The van der Waals surface area contributed by atoms with Gasteiger partial charge in [0.25, 0.3) is 0 Å². The van der Waals surface area contributed by atoms with Crippen molar-refractivity contribution in [2.75, 3.05) is 6.61 Å². The summed E-state index contributed by atoms with van der Waals surface area (Å²) in [6.07, 6.45) is 1.83. The third-order valence-corrected chi connectivity index (χ3v) is 4.43. The second kappa shape index (κ2) is 11.0. The van der Waals surface area contributed by atoms with Crippen LogP contribution < -0.4 is 14.9 Å². The quantitative estimate of drug-likeness (QED) is 0.389. The average Bonchev–Trinajstić information content (AvgIpc) is 2.75. The highest BCUT2D eigenvalue weighted by Crippen LogP contribution is 2.16. The maximum Gasteiger partial charge on any atom is 0.244 e. The summed E-state index contributed by atoms with van der Waals surface area (Å²) in [7, 11) is 0. The van der Waals surface area contributed by atoms with Crippen molar-refractivity contribution >= 4 is 23.7 Å². The van der Waals surface area contributed by atoms with Gasteiger partial charge in [0.05, 0.1) is 19.2 Å². The molecule has 6 heteroatoms. The second-order valence-electron chi connectivity index (χ2n) is 6.53. The number of hydrazone groups is 1. The summed E-state index contributed by atoms with van der Waals surface area (Å²) in [5.41, 5.74) is 5.29. The summed E-state index contributed by atoms with van der Waals surface area (Å²) in [6, 6.07) is 22.5. The molecule has 30 heavy (non-hydrogen) atoms. The highest BCUT2D eigenvalue weighted by atomic mass is 35.5. The van der Waals surface area contributed by atoms with Crippen molar-refractivity contribution in [2.24, 2.45) is 5.10 Å². The van der Waals surface area contributed by atoms with Crippen LogP contribution in [0.25, 0.3) is 0 Å². The topological polar surface area (TPSA) is 59.9 Å². The molecule has 0 aliphatic rings. The van der Waals surface area contributed by atoms with Crippen LogP contribution in [0.1, 0.15) is 23.6 Å². The molecule has 0 unspecified atom stereocenters. The van der Waals surface area contributed by atoms with Crippen molar-refractivity contribution < 1.29 is 14.3 Å². The van der Waals surface area contributed by atoms with Crippen LogP contribution in [0.5, 0.6) is 11.5 Å². The van der Waals surface area contributed by atoms with Gasteiger partial charge >= 0.3 is 0 Å². The van der Waals surface area contributed by atoms with Crippen LogP contribution in [0.4, 0.5) is 0 Å². The van der Waals surface area contributed by atoms with E-state index in [1.807, 2.05) is 79.7 Å². The largest absolute Gasteiger partial charge is 0.494 e. The van der Waals surface area contributed by atoms with Crippen molar-refractivity contribution in [3.8, 4) is 11.5 Å². The van der Waals surface area contributed by atoms with Crippen molar-refractivity contribution in [3.05, 3.63) is 94.5 Å². The molecule has 0 saturated heterocycles. The van der Waals surface area contributed by atoms with Gasteiger partial charge in [-0.2, -0.15) is 5.10 Å². The number of amides is 1. The smallest absolute Gasteiger partial charge is 0.244 e. The first-order chi connectivity index (χ1) is 14.6. The molecule has 0 radical (unpaired) electrons. The average molecular weight is 423 g/mol. The summed E-state index contributed by atoms with van der Waals surface area (Å²) in [6.45, 7) is 2.99. The number of halogens is 1. The van der Waals surface area contributed by atoms with Gasteiger partial charge in [-0.3, -0.25) is 4.79 Å². The molecule has 0 heterocycles. The van der Waals surface area contributed by atoms with Crippen LogP contribution >= 0.6 is 11.6 Å². The first-order valence-corrected chi connectivity index (χ1v) is 10.0. The van der Waals surface area contributed by atoms with E-state index in [-0.39, 0.29) is 12.3 Å². The minimum atomic E-state index is -0.189. The molecular formula is C24H23ClN2O3. The number of rotatable bonds is 9. The number of hydrogen-bond acceptors (Lipinski definition) is 4. The summed E-state index contributed by atoms with van der Waals surface area (Å²) in [4.78, 5) is 12.1. The molecule has 0 atom stereocenters. The lowest BCUT2D eigenvalue weighted by atomic mass is 10.1. The zero-order valence-corrected chi connectivity index (χ0v) is 17.4. The predicted molar refractivity (Wildman–Crippen MR) is 119 cm³/mol. The summed E-state index contributed by atoms with van der Waals surface area (Å²) in [5.74, 6) is 1.32. The van der Waals surface area contributed by atoms with Crippen LogP contribution in [0.2, 0.25) is 5.02 Å². The molecule has 1 amide bonds. The number of hydrogen-bond donors (Lipinski definition) is 1. The molecule has 0 spiro atoms. The fraction of sp³-hybridized carbons (Fsp3) is 0.167. The molecule has 154 valence electrons. The van der Waals surface area contributed by atoms with Gasteiger partial charge in [0.1, 0.15) is 18.1 Å². The first kappa shape index (κ1) is 21.4. The molecule has 0 bridgehead atoms. The van der Waals surface area contributed by atoms with E-state index in [4.69, 9.17) is 21.1 Å². The third-order valence-electron chi connectivity index (χ3n) is 4.18. The number of ether oxygens (including phenoxy) is 2. The molecule has 0 aliphatic heterocycles. The van der Waals surface area contributed by atoms with Crippen LogP contribution in [-0.4, -0.2) is 18.7 Å². The molecule has 0 fully saturated rings. The van der Waals surface area contributed by atoms with Crippen molar-refractivity contribution in [2.45, 2.75) is 20.0 Å².